The Morgan fingerprint density at radius 2 is 1.85 bits per heavy atom. The minimum absolute atomic E-state index is 0.0696. The molecule has 0 aliphatic rings. The molecule has 27 heavy (non-hydrogen) atoms. The van der Waals surface area contributed by atoms with Crippen LogP contribution in [0, 0.1) is 40.4 Å². The van der Waals surface area contributed by atoms with Gasteiger partial charge in [0.2, 0.25) is 5.82 Å². The molecule has 0 aliphatic heterocycles. The first kappa shape index (κ1) is 22.1. The highest BCUT2D eigenvalue weighted by Gasteiger charge is 2.39. The van der Waals surface area contributed by atoms with Crippen LogP contribution >= 0.6 is 0 Å². The molecule has 0 fully saturated rings. The standard InChI is InChI=1S/C16H18F3N3O5/c1-5-6-27-16(24)9(7-20-21(3)4)15(23)10-11(17)8(2)12(18)13(19)14(10)22(25)26/h7,9H,5-6H2,1-4H3. The number of benzene rings is 1. The molecule has 1 unspecified atom stereocenters. The molecule has 1 aromatic carbocycles. The van der Waals surface area contributed by atoms with Crippen molar-refractivity contribution < 1.29 is 32.4 Å². The quantitative estimate of drug-likeness (QED) is 0.129. The predicted molar refractivity (Wildman–Crippen MR) is 89.0 cm³/mol. The lowest BCUT2D eigenvalue weighted by Crippen LogP contribution is -2.30. The lowest BCUT2D eigenvalue weighted by atomic mass is 9.94. The zero-order valence-corrected chi connectivity index (χ0v) is 15.1. The maximum atomic E-state index is 14.4. The van der Waals surface area contributed by atoms with Gasteiger partial charge in [-0.15, -0.1) is 0 Å². The summed E-state index contributed by atoms with van der Waals surface area (Å²) in [5, 5.41) is 16.0. The molecule has 1 atom stereocenters. The van der Waals surface area contributed by atoms with E-state index in [1.165, 1.54) is 19.1 Å². The number of nitro groups is 1. The minimum atomic E-state index is -1.99. The normalized spacial score (nSPS) is 12.1. The van der Waals surface area contributed by atoms with Crippen molar-refractivity contribution in [1.29, 1.82) is 0 Å². The molecular formula is C16H18F3N3O5. The zero-order valence-electron chi connectivity index (χ0n) is 15.1. The second-order valence-electron chi connectivity index (χ2n) is 5.67. The van der Waals surface area contributed by atoms with E-state index in [0.717, 1.165) is 13.1 Å². The van der Waals surface area contributed by atoms with Crippen molar-refractivity contribution in [1.82, 2.24) is 5.01 Å². The summed E-state index contributed by atoms with van der Waals surface area (Å²) >= 11 is 0. The average molecular weight is 389 g/mol. The van der Waals surface area contributed by atoms with Crippen molar-refractivity contribution in [3.8, 4) is 0 Å². The van der Waals surface area contributed by atoms with E-state index in [1.54, 1.807) is 6.92 Å². The van der Waals surface area contributed by atoms with Crippen LogP contribution in [0.1, 0.15) is 29.3 Å². The molecular weight excluding hydrogens is 371 g/mol. The topological polar surface area (TPSA) is 102 Å². The fourth-order valence-electron chi connectivity index (χ4n) is 2.05. The molecule has 0 saturated heterocycles. The summed E-state index contributed by atoms with van der Waals surface area (Å²) in [7, 11) is 2.92. The Morgan fingerprint density at radius 1 is 1.26 bits per heavy atom. The second kappa shape index (κ2) is 9.10. The summed E-state index contributed by atoms with van der Waals surface area (Å²) in [6, 6.07) is 0. The number of carbonyl (C=O) groups excluding carboxylic acids is 2. The summed E-state index contributed by atoms with van der Waals surface area (Å²) in [4.78, 5) is 34.5. The van der Waals surface area contributed by atoms with Crippen LogP contribution in [0.25, 0.3) is 0 Å². The summed E-state index contributed by atoms with van der Waals surface area (Å²) in [6.45, 7) is 2.42. The first-order chi connectivity index (χ1) is 12.5. The summed E-state index contributed by atoms with van der Waals surface area (Å²) < 4.78 is 47.0. The van der Waals surface area contributed by atoms with Gasteiger partial charge in [-0.05, 0) is 13.3 Å². The van der Waals surface area contributed by atoms with Gasteiger partial charge >= 0.3 is 11.7 Å². The Hall–Kier alpha value is -2.98. The van der Waals surface area contributed by atoms with E-state index in [0.29, 0.717) is 6.42 Å². The van der Waals surface area contributed by atoms with E-state index < -0.39 is 56.9 Å². The van der Waals surface area contributed by atoms with Crippen molar-refractivity contribution in [2.45, 2.75) is 20.3 Å². The lowest BCUT2D eigenvalue weighted by Gasteiger charge is -2.14. The van der Waals surface area contributed by atoms with E-state index in [2.05, 4.69) is 5.10 Å². The Morgan fingerprint density at radius 3 is 2.33 bits per heavy atom. The highest BCUT2D eigenvalue weighted by Crippen LogP contribution is 2.32. The van der Waals surface area contributed by atoms with Crippen LogP contribution in [0.3, 0.4) is 0 Å². The molecule has 0 radical (unpaired) electrons. The third-order valence-corrected chi connectivity index (χ3v) is 3.38. The van der Waals surface area contributed by atoms with Gasteiger partial charge in [-0.1, -0.05) is 6.92 Å². The third kappa shape index (κ3) is 4.80. The van der Waals surface area contributed by atoms with Crippen LogP contribution in [-0.4, -0.2) is 48.6 Å². The van der Waals surface area contributed by atoms with Gasteiger partial charge in [0.1, 0.15) is 11.4 Å². The van der Waals surface area contributed by atoms with Crippen molar-refractivity contribution in [2.75, 3.05) is 20.7 Å². The van der Waals surface area contributed by atoms with E-state index in [4.69, 9.17) is 4.74 Å². The number of rotatable bonds is 8. The molecule has 0 aliphatic carbocycles. The molecule has 0 N–H and O–H groups in total. The number of ketones is 1. The monoisotopic (exact) mass is 389 g/mol. The number of halogens is 3. The first-order valence-corrected chi connectivity index (χ1v) is 7.78. The lowest BCUT2D eigenvalue weighted by molar-refractivity contribution is -0.388. The molecule has 0 bridgehead atoms. The van der Waals surface area contributed by atoms with Crippen molar-refractivity contribution in [3.05, 3.63) is 38.7 Å². The number of Topliss-reactive ketones (excluding diaryl/α,β-unsaturated/α-hetero) is 1. The fraction of sp³-hybridized carbons (Fsp3) is 0.438. The van der Waals surface area contributed by atoms with Crippen LogP contribution < -0.4 is 0 Å². The number of ether oxygens (including phenoxy) is 1. The molecule has 0 heterocycles. The molecule has 8 nitrogen and oxygen atoms in total. The van der Waals surface area contributed by atoms with Gasteiger partial charge in [-0.2, -0.15) is 9.49 Å². The van der Waals surface area contributed by atoms with Crippen LogP contribution in [0.5, 0.6) is 0 Å². The Bertz CT molecular complexity index is 796. The number of nitro benzene ring substituents is 1. The smallest absolute Gasteiger partial charge is 0.322 e. The molecule has 0 amide bonds. The molecule has 0 spiro atoms. The van der Waals surface area contributed by atoms with E-state index in [1.807, 2.05) is 0 Å². The van der Waals surface area contributed by atoms with Gasteiger partial charge in [0.25, 0.3) is 0 Å². The number of nitrogens with zero attached hydrogens (tertiary/aromatic N) is 3. The molecule has 1 aromatic rings. The number of hydrazone groups is 1. The first-order valence-electron chi connectivity index (χ1n) is 7.78. The van der Waals surface area contributed by atoms with Crippen molar-refractivity contribution in [3.63, 3.8) is 0 Å². The number of esters is 1. The van der Waals surface area contributed by atoms with Gasteiger partial charge in [0.15, 0.2) is 17.5 Å². The number of carbonyl (C=O) groups is 2. The third-order valence-electron chi connectivity index (χ3n) is 3.38. The van der Waals surface area contributed by atoms with Crippen molar-refractivity contribution in [2.24, 2.45) is 11.0 Å². The minimum Gasteiger partial charge on any atom is -0.465 e. The fourth-order valence-corrected chi connectivity index (χ4v) is 2.05. The van der Waals surface area contributed by atoms with Gasteiger partial charge in [-0.3, -0.25) is 19.7 Å². The number of hydrogen-bond donors (Lipinski definition) is 0. The van der Waals surface area contributed by atoms with Crippen LogP contribution in [0.4, 0.5) is 18.9 Å². The molecule has 1 rings (SSSR count). The van der Waals surface area contributed by atoms with Gasteiger partial charge in [0.05, 0.1) is 11.5 Å². The molecule has 0 saturated carbocycles. The van der Waals surface area contributed by atoms with Gasteiger partial charge < -0.3 is 9.75 Å². The Balaban J connectivity index is 3.61. The number of hydrogen-bond acceptors (Lipinski definition) is 7. The Kier molecular flexibility index (Phi) is 7.44. The van der Waals surface area contributed by atoms with Crippen LogP contribution in [0.15, 0.2) is 5.10 Å². The molecule has 11 heteroatoms. The Labute approximate surface area is 152 Å². The molecule has 0 aromatic heterocycles. The maximum Gasteiger partial charge on any atom is 0.322 e. The summed E-state index contributed by atoms with van der Waals surface area (Å²) in [6.07, 6.45) is 1.20. The maximum absolute atomic E-state index is 14.4. The highest BCUT2D eigenvalue weighted by atomic mass is 19.2. The van der Waals surface area contributed by atoms with Crippen molar-refractivity contribution >= 4 is 23.7 Å². The van der Waals surface area contributed by atoms with Gasteiger partial charge in [-0.25, -0.2) is 8.78 Å². The van der Waals surface area contributed by atoms with Crippen LogP contribution in [0.2, 0.25) is 0 Å². The SMILES string of the molecule is CCCOC(=O)C(C=NN(C)C)C(=O)c1c(F)c(C)c(F)c(F)c1[N+](=O)[O-]. The summed E-state index contributed by atoms with van der Waals surface area (Å²) in [5.41, 5.74) is -3.96. The van der Waals surface area contributed by atoms with E-state index >= 15 is 0 Å². The molecule has 148 valence electrons. The van der Waals surface area contributed by atoms with E-state index in [-0.39, 0.29) is 6.61 Å². The highest BCUT2D eigenvalue weighted by molar-refractivity contribution is 6.20. The van der Waals surface area contributed by atoms with Crippen LogP contribution in [-0.2, 0) is 9.53 Å². The summed E-state index contributed by atoms with van der Waals surface area (Å²) in [5.74, 6) is -9.90. The van der Waals surface area contributed by atoms with E-state index in [9.17, 15) is 32.9 Å². The van der Waals surface area contributed by atoms with Gasteiger partial charge in [0, 0.05) is 25.9 Å². The largest absolute Gasteiger partial charge is 0.465 e. The predicted octanol–water partition coefficient (Wildman–Crippen LogP) is 2.62. The second-order valence-corrected chi connectivity index (χ2v) is 5.67. The zero-order chi connectivity index (χ0) is 20.9. The average Bonchev–Trinajstić information content (AvgIpc) is 2.60.